The van der Waals surface area contributed by atoms with Crippen LogP contribution in [0.2, 0.25) is 0 Å². The van der Waals surface area contributed by atoms with Crippen molar-refractivity contribution in [3.63, 3.8) is 0 Å². The number of rotatable bonds is 3. The van der Waals surface area contributed by atoms with Crippen molar-refractivity contribution >= 4 is 9.84 Å². The number of nitrogens with zero attached hydrogens (tertiary/aromatic N) is 4. The van der Waals surface area contributed by atoms with Crippen molar-refractivity contribution in [1.29, 1.82) is 0 Å². The van der Waals surface area contributed by atoms with Gasteiger partial charge in [-0.1, -0.05) is 5.16 Å². The minimum atomic E-state index is -3.36. The van der Waals surface area contributed by atoms with E-state index in [-0.39, 0.29) is 5.16 Å². The maximum absolute atomic E-state index is 11.5. The zero-order valence-electron chi connectivity index (χ0n) is 12.8. The van der Waals surface area contributed by atoms with Gasteiger partial charge in [0.05, 0.1) is 11.4 Å². The molecule has 118 valence electrons. The Labute approximate surface area is 129 Å². The fraction of sp³-hybridized carbons (Fsp3) is 0.500. The van der Waals surface area contributed by atoms with E-state index < -0.39 is 9.84 Å². The molecule has 3 heterocycles. The van der Waals surface area contributed by atoms with Gasteiger partial charge < -0.3 is 4.52 Å². The highest BCUT2D eigenvalue weighted by molar-refractivity contribution is 7.90. The molecule has 22 heavy (non-hydrogen) atoms. The first-order valence-electron chi connectivity index (χ1n) is 7.03. The molecule has 2 aromatic heterocycles. The van der Waals surface area contributed by atoms with Crippen molar-refractivity contribution < 1.29 is 12.9 Å². The number of aryl methyl sites for hydroxylation is 2. The molecular weight excluding hydrogens is 304 g/mol. The molecule has 8 heteroatoms. The molecule has 0 radical (unpaired) electrons. The van der Waals surface area contributed by atoms with Gasteiger partial charge in [-0.2, -0.15) is 0 Å². The molecule has 0 spiro atoms. The van der Waals surface area contributed by atoms with Gasteiger partial charge in [-0.05, 0) is 13.8 Å². The highest BCUT2D eigenvalue weighted by Crippen LogP contribution is 2.22. The van der Waals surface area contributed by atoms with Crippen molar-refractivity contribution in [3.8, 4) is 0 Å². The van der Waals surface area contributed by atoms with Gasteiger partial charge in [0.15, 0.2) is 0 Å². The normalized spacial score (nSPS) is 15.8. The third kappa shape index (κ3) is 2.89. The fourth-order valence-corrected chi connectivity index (χ4v) is 3.14. The van der Waals surface area contributed by atoms with E-state index in [0.717, 1.165) is 47.6 Å². The van der Waals surface area contributed by atoms with Crippen molar-refractivity contribution in [2.45, 2.75) is 38.5 Å². The minimum Gasteiger partial charge on any atom is -0.361 e. The second kappa shape index (κ2) is 5.44. The molecule has 0 aliphatic carbocycles. The predicted molar refractivity (Wildman–Crippen MR) is 78.9 cm³/mol. The summed E-state index contributed by atoms with van der Waals surface area (Å²) in [7, 11) is -3.36. The van der Waals surface area contributed by atoms with Crippen LogP contribution in [0, 0.1) is 13.8 Å². The highest BCUT2D eigenvalue weighted by Gasteiger charge is 2.22. The largest absolute Gasteiger partial charge is 0.361 e. The van der Waals surface area contributed by atoms with Gasteiger partial charge in [0.25, 0.3) is 0 Å². The molecule has 0 atom stereocenters. The van der Waals surface area contributed by atoms with Crippen molar-refractivity contribution in [3.05, 3.63) is 34.5 Å². The van der Waals surface area contributed by atoms with Crippen LogP contribution in [-0.4, -0.2) is 41.2 Å². The van der Waals surface area contributed by atoms with Gasteiger partial charge >= 0.3 is 0 Å². The second-order valence-corrected chi connectivity index (χ2v) is 7.57. The molecule has 2 aromatic rings. The monoisotopic (exact) mass is 322 g/mol. The maximum atomic E-state index is 11.5. The SMILES string of the molecule is Cc1noc(C)c1CN1CCc2nc(S(C)(=O)=O)ncc2C1. The summed E-state index contributed by atoms with van der Waals surface area (Å²) in [6, 6.07) is 0. The van der Waals surface area contributed by atoms with Crippen molar-refractivity contribution in [1.82, 2.24) is 20.0 Å². The molecule has 0 amide bonds. The van der Waals surface area contributed by atoms with E-state index in [4.69, 9.17) is 4.52 Å². The van der Waals surface area contributed by atoms with Crippen molar-refractivity contribution in [2.24, 2.45) is 0 Å². The summed E-state index contributed by atoms with van der Waals surface area (Å²) in [5, 5.41) is 3.88. The van der Waals surface area contributed by atoms with Gasteiger partial charge in [-0.15, -0.1) is 0 Å². The molecule has 0 N–H and O–H groups in total. The molecule has 0 fully saturated rings. The number of hydrogen-bond donors (Lipinski definition) is 0. The highest BCUT2D eigenvalue weighted by atomic mass is 32.2. The van der Waals surface area contributed by atoms with Crippen molar-refractivity contribution in [2.75, 3.05) is 12.8 Å². The Balaban J connectivity index is 1.80. The van der Waals surface area contributed by atoms with E-state index in [0.29, 0.717) is 13.0 Å². The Morgan fingerprint density at radius 2 is 2.14 bits per heavy atom. The Morgan fingerprint density at radius 1 is 1.36 bits per heavy atom. The summed E-state index contributed by atoms with van der Waals surface area (Å²) in [5.74, 6) is 0.840. The molecule has 3 rings (SSSR count). The lowest BCUT2D eigenvalue weighted by Gasteiger charge is -2.27. The summed E-state index contributed by atoms with van der Waals surface area (Å²) in [6.45, 7) is 6.12. The lowest BCUT2D eigenvalue weighted by Crippen LogP contribution is -2.31. The minimum absolute atomic E-state index is 0.0922. The first-order chi connectivity index (χ1) is 10.3. The van der Waals surface area contributed by atoms with Crippen LogP contribution in [0.3, 0.4) is 0 Å². The topological polar surface area (TPSA) is 89.2 Å². The molecule has 1 aliphatic rings. The lowest BCUT2D eigenvalue weighted by atomic mass is 10.1. The number of fused-ring (bicyclic) bond motifs is 1. The maximum Gasteiger partial charge on any atom is 0.246 e. The van der Waals surface area contributed by atoms with Gasteiger partial charge in [-0.3, -0.25) is 4.90 Å². The summed E-state index contributed by atoms with van der Waals surface area (Å²) in [6.07, 6.45) is 3.46. The van der Waals surface area contributed by atoms with Crippen LogP contribution in [0.5, 0.6) is 0 Å². The molecule has 0 saturated heterocycles. The molecular formula is C14H18N4O3S. The fourth-order valence-electron chi connectivity index (χ4n) is 2.62. The molecule has 0 unspecified atom stereocenters. The van der Waals surface area contributed by atoms with Gasteiger partial charge in [0.1, 0.15) is 5.76 Å². The van der Waals surface area contributed by atoms with E-state index in [1.165, 1.54) is 0 Å². The average molecular weight is 322 g/mol. The summed E-state index contributed by atoms with van der Waals surface area (Å²) < 4.78 is 28.2. The van der Waals surface area contributed by atoms with E-state index >= 15 is 0 Å². The lowest BCUT2D eigenvalue weighted by molar-refractivity contribution is 0.240. The number of hydrogen-bond acceptors (Lipinski definition) is 7. The summed E-state index contributed by atoms with van der Waals surface area (Å²) in [4.78, 5) is 10.4. The standard InChI is InChI=1S/C14H18N4O3S/c1-9-12(10(2)21-17-9)8-18-5-4-13-11(7-18)6-15-14(16-13)22(3,19)20/h6H,4-5,7-8H2,1-3H3. The van der Waals surface area contributed by atoms with Crippen LogP contribution in [-0.2, 0) is 29.3 Å². The Morgan fingerprint density at radius 3 is 2.77 bits per heavy atom. The van der Waals surface area contributed by atoms with E-state index in [1.54, 1.807) is 6.20 Å². The first-order valence-corrected chi connectivity index (χ1v) is 8.92. The summed E-state index contributed by atoms with van der Waals surface area (Å²) in [5.41, 5.74) is 3.82. The third-order valence-electron chi connectivity index (χ3n) is 3.89. The van der Waals surface area contributed by atoms with E-state index in [9.17, 15) is 8.42 Å². The Hall–Kier alpha value is -1.80. The van der Waals surface area contributed by atoms with Crippen LogP contribution < -0.4 is 0 Å². The summed E-state index contributed by atoms with van der Waals surface area (Å²) >= 11 is 0. The zero-order valence-corrected chi connectivity index (χ0v) is 13.6. The van der Waals surface area contributed by atoms with Gasteiger partial charge in [0, 0.05) is 49.6 Å². The molecule has 1 aliphatic heterocycles. The quantitative estimate of drug-likeness (QED) is 0.780. The van der Waals surface area contributed by atoms with Crippen LogP contribution in [0.25, 0.3) is 0 Å². The predicted octanol–water partition coefficient (Wildman–Crippen LogP) is 1.04. The third-order valence-corrected chi connectivity index (χ3v) is 4.75. The number of sulfone groups is 1. The molecule has 0 aromatic carbocycles. The average Bonchev–Trinajstić information content (AvgIpc) is 2.77. The smallest absolute Gasteiger partial charge is 0.246 e. The van der Waals surface area contributed by atoms with Crippen LogP contribution in [0.4, 0.5) is 0 Å². The number of aromatic nitrogens is 3. The Bertz CT molecular complexity index is 794. The van der Waals surface area contributed by atoms with Gasteiger partial charge in [-0.25, -0.2) is 18.4 Å². The first kappa shape index (κ1) is 15.1. The van der Waals surface area contributed by atoms with Gasteiger partial charge in [0.2, 0.25) is 15.0 Å². The van der Waals surface area contributed by atoms with Crippen LogP contribution in [0.1, 0.15) is 28.3 Å². The van der Waals surface area contributed by atoms with E-state index in [2.05, 4.69) is 20.0 Å². The molecule has 0 saturated carbocycles. The second-order valence-electron chi connectivity index (χ2n) is 5.66. The molecule has 0 bridgehead atoms. The Kier molecular flexibility index (Phi) is 3.73. The van der Waals surface area contributed by atoms with Crippen LogP contribution in [0.15, 0.2) is 15.9 Å². The van der Waals surface area contributed by atoms with Crippen LogP contribution >= 0.6 is 0 Å². The molecule has 7 nitrogen and oxygen atoms in total. The zero-order chi connectivity index (χ0) is 15.9. The van der Waals surface area contributed by atoms with E-state index in [1.807, 2.05) is 13.8 Å².